The summed E-state index contributed by atoms with van der Waals surface area (Å²) in [7, 11) is 0. The molecule has 1 unspecified atom stereocenters. The van der Waals surface area contributed by atoms with Gasteiger partial charge in [0.1, 0.15) is 0 Å². The first-order valence-corrected chi connectivity index (χ1v) is 6.36. The van der Waals surface area contributed by atoms with Crippen LogP contribution in [-0.4, -0.2) is 25.0 Å². The number of hydrogen-bond donors (Lipinski definition) is 1. The summed E-state index contributed by atoms with van der Waals surface area (Å²) < 4.78 is 4.96. The molecule has 1 aromatic rings. The minimum atomic E-state index is -0.380. The third-order valence-electron chi connectivity index (χ3n) is 3.32. The van der Waals surface area contributed by atoms with Crippen molar-refractivity contribution < 1.29 is 14.3 Å². The van der Waals surface area contributed by atoms with E-state index >= 15 is 0 Å². The Morgan fingerprint density at radius 1 is 1.53 bits per heavy atom. The second-order valence-electron chi connectivity index (χ2n) is 4.70. The van der Waals surface area contributed by atoms with Crippen molar-refractivity contribution in [2.24, 2.45) is 5.92 Å². The maximum Gasteiger partial charge on any atom is 0.311 e. The largest absolute Gasteiger partial charge is 0.466 e. The van der Waals surface area contributed by atoms with Crippen molar-refractivity contribution in [1.82, 2.24) is 0 Å². The monoisotopic (exact) mass is 262 g/mol. The summed E-state index contributed by atoms with van der Waals surface area (Å²) in [5, 5.41) is 0. The van der Waals surface area contributed by atoms with Gasteiger partial charge in [-0.2, -0.15) is 0 Å². The quantitative estimate of drug-likeness (QED) is 0.661. The number of aryl methyl sites for hydroxylation is 1. The number of anilines is 2. The molecule has 0 bridgehead atoms. The van der Waals surface area contributed by atoms with Gasteiger partial charge in [0.15, 0.2) is 0 Å². The number of nitrogens with zero attached hydrogens (tertiary/aromatic N) is 1. The summed E-state index contributed by atoms with van der Waals surface area (Å²) in [6.07, 6.45) is 0.201. The molecule has 1 aliphatic heterocycles. The number of amides is 1. The molecule has 0 saturated carbocycles. The molecule has 1 heterocycles. The maximum absolute atomic E-state index is 12.0. The van der Waals surface area contributed by atoms with Crippen LogP contribution in [0.2, 0.25) is 0 Å². The predicted molar refractivity (Wildman–Crippen MR) is 72.7 cm³/mol. The van der Waals surface area contributed by atoms with Crippen LogP contribution >= 0.6 is 0 Å². The Balaban J connectivity index is 2.15. The van der Waals surface area contributed by atoms with Gasteiger partial charge in [0.25, 0.3) is 0 Å². The molecule has 5 heteroatoms. The lowest BCUT2D eigenvalue weighted by Gasteiger charge is -2.17. The van der Waals surface area contributed by atoms with Crippen molar-refractivity contribution in [2.75, 3.05) is 23.8 Å². The highest BCUT2D eigenvalue weighted by Crippen LogP contribution is 2.28. The average molecular weight is 262 g/mol. The highest BCUT2D eigenvalue weighted by molar-refractivity contribution is 5.99. The average Bonchev–Trinajstić information content (AvgIpc) is 2.75. The number of nitrogen functional groups attached to an aromatic ring is 1. The molecule has 0 aliphatic carbocycles. The van der Waals surface area contributed by atoms with Crippen molar-refractivity contribution in [2.45, 2.75) is 20.3 Å². The van der Waals surface area contributed by atoms with E-state index in [2.05, 4.69) is 0 Å². The summed E-state index contributed by atoms with van der Waals surface area (Å²) in [4.78, 5) is 25.2. The number of nitrogens with two attached hydrogens (primary N) is 1. The van der Waals surface area contributed by atoms with Crippen molar-refractivity contribution in [3.05, 3.63) is 23.8 Å². The molecule has 1 atom stereocenters. The molecule has 0 radical (unpaired) electrons. The summed E-state index contributed by atoms with van der Waals surface area (Å²) in [6, 6.07) is 5.48. The van der Waals surface area contributed by atoms with Crippen LogP contribution < -0.4 is 10.6 Å². The van der Waals surface area contributed by atoms with E-state index in [-0.39, 0.29) is 24.2 Å². The first kappa shape index (κ1) is 13.4. The van der Waals surface area contributed by atoms with Gasteiger partial charge < -0.3 is 15.4 Å². The molecule has 102 valence electrons. The lowest BCUT2D eigenvalue weighted by molar-refractivity contribution is -0.147. The Hall–Kier alpha value is -2.04. The number of esters is 1. The highest BCUT2D eigenvalue weighted by atomic mass is 16.5. The van der Waals surface area contributed by atoms with Gasteiger partial charge in [0.05, 0.1) is 12.5 Å². The van der Waals surface area contributed by atoms with Gasteiger partial charge in [-0.25, -0.2) is 0 Å². The fourth-order valence-electron chi connectivity index (χ4n) is 2.17. The maximum atomic E-state index is 12.0. The Kier molecular flexibility index (Phi) is 3.74. The molecular formula is C14H18N2O3. The third kappa shape index (κ3) is 2.70. The first-order valence-electron chi connectivity index (χ1n) is 6.36. The van der Waals surface area contributed by atoms with Crippen LogP contribution in [0.3, 0.4) is 0 Å². The fraction of sp³-hybridized carbons (Fsp3) is 0.429. The number of carbonyl (C=O) groups is 2. The summed E-state index contributed by atoms with van der Waals surface area (Å²) in [5.41, 5.74) is 8.20. The molecule has 1 saturated heterocycles. The number of carbonyl (C=O) groups excluding carboxylic acids is 2. The molecule has 1 fully saturated rings. The van der Waals surface area contributed by atoms with Gasteiger partial charge in [0.2, 0.25) is 5.91 Å². The van der Waals surface area contributed by atoms with Crippen molar-refractivity contribution >= 4 is 23.3 Å². The second-order valence-corrected chi connectivity index (χ2v) is 4.70. The minimum Gasteiger partial charge on any atom is -0.466 e. The zero-order chi connectivity index (χ0) is 14.0. The molecule has 5 nitrogen and oxygen atoms in total. The van der Waals surface area contributed by atoms with E-state index in [4.69, 9.17) is 10.5 Å². The molecule has 1 aromatic carbocycles. The van der Waals surface area contributed by atoms with Gasteiger partial charge in [0, 0.05) is 24.3 Å². The second kappa shape index (κ2) is 5.30. The van der Waals surface area contributed by atoms with Crippen molar-refractivity contribution in [3.63, 3.8) is 0 Å². The molecule has 0 aromatic heterocycles. The van der Waals surface area contributed by atoms with E-state index in [0.717, 1.165) is 11.3 Å². The molecule has 1 aliphatic rings. The number of hydrogen-bond acceptors (Lipinski definition) is 4. The standard InChI is InChI=1S/C14H18N2O3/c1-3-19-14(18)10-6-13(17)16(8-10)11-5-4-9(2)12(15)7-11/h4-5,7,10H,3,6,8,15H2,1-2H3. The Morgan fingerprint density at radius 2 is 2.26 bits per heavy atom. The Morgan fingerprint density at radius 3 is 2.89 bits per heavy atom. The van der Waals surface area contributed by atoms with Gasteiger partial charge in [-0.3, -0.25) is 9.59 Å². The molecule has 2 N–H and O–H groups in total. The van der Waals surface area contributed by atoms with E-state index in [9.17, 15) is 9.59 Å². The minimum absolute atomic E-state index is 0.0682. The highest BCUT2D eigenvalue weighted by Gasteiger charge is 2.36. The molecule has 1 amide bonds. The zero-order valence-electron chi connectivity index (χ0n) is 11.2. The predicted octanol–water partition coefficient (Wildman–Crippen LogP) is 1.49. The number of rotatable bonds is 3. The molecule has 19 heavy (non-hydrogen) atoms. The zero-order valence-corrected chi connectivity index (χ0v) is 11.2. The van der Waals surface area contributed by atoms with Gasteiger partial charge >= 0.3 is 5.97 Å². The van der Waals surface area contributed by atoms with E-state index in [1.807, 2.05) is 19.1 Å². The van der Waals surface area contributed by atoms with Crippen LogP contribution in [0.1, 0.15) is 18.9 Å². The van der Waals surface area contributed by atoms with Gasteiger partial charge in [-0.15, -0.1) is 0 Å². The summed E-state index contributed by atoms with van der Waals surface area (Å²) in [6.45, 7) is 4.36. The topological polar surface area (TPSA) is 72.6 Å². The summed E-state index contributed by atoms with van der Waals surface area (Å²) >= 11 is 0. The van der Waals surface area contributed by atoms with E-state index in [1.165, 1.54) is 0 Å². The van der Waals surface area contributed by atoms with Crippen LogP contribution in [0.4, 0.5) is 11.4 Å². The smallest absolute Gasteiger partial charge is 0.311 e. The molecule has 0 spiro atoms. The van der Waals surface area contributed by atoms with Crippen LogP contribution in [0.25, 0.3) is 0 Å². The van der Waals surface area contributed by atoms with Crippen molar-refractivity contribution in [1.29, 1.82) is 0 Å². The molecule has 2 rings (SSSR count). The fourth-order valence-corrected chi connectivity index (χ4v) is 2.17. The van der Waals surface area contributed by atoms with Gasteiger partial charge in [-0.05, 0) is 31.5 Å². The summed E-state index contributed by atoms with van der Waals surface area (Å²) in [5.74, 6) is -0.755. The van der Waals surface area contributed by atoms with Crippen LogP contribution in [0.5, 0.6) is 0 Å². The lowest BCUT2D eigenvalue weighted by atomic mass is 10.1. The normalized spacial score (nSPS) is 18.7. The lowest BCUT2D eigenvalue weighted by Crippen LogP contribution is -2.26. The van der Waals surface area contributed by atoms with Crippen LogP contribution in [0, 0.1) is 12.8 Å². The molecular weight excluding hydrogens is 244 g/mol. The third-order valence-corrected chi connectivity index (χ3v) is 3.32. The number of benzene rings is 1. The Bertz CT molecular complexity index is 513. The first-order chi connectivity index (χ1) is 9.02. The van der Waals surface area contributed by atoms with Crippen molar-refractivity contribution in [3.8, 4) is 0 Å². The Labute approximate surface area is 112 Å². The van der Waals surface area contributed by atoms with Crippen LogP contribution in [0.15, 0.2) is 18.2 Å². The van der Waals surface area contributed by atoms with E-state index < -0.39 is 0 Å². The van der Waals surface area contributed by atoms with Crippen LogP contribution in [-0.2, 0) is 14.3 Å². The van der Waals surface area contributed by atoms with E-state index in [0.29, 0.717) is 18.8 Å². The SMILES string of the molecule is CCOC(=O)C1CC(=O)N(c2ccc(C)c(N)c2)C1. The van der Waals surface area contributed by atoms with Gasteiger partial charge in [-0.1, -0.05) is 6.07 Å². The number of ether oxygens (including phenoxy) is 1. The van der Waals surface area contributed by atoms with E-state index in [1.54, 1.807) is 17.9 Å².